The predicted molar refractivity (Wildman–Crippen MR) is 66.1 cm³/mol. The highest BCUT2D eigenvalue weighted by Gasteiger charge is 2.30. The van der Waals surface area contributed by atoms with Gasteiger partial charge < -0.3 is 10.3 Å². The lowest BCUT2D eigenvalue weighted by atomic mass is 9.93. The molecule has 1 aromatic heterocycles. The number of benzene rings is 1. The van der Waals surface area contributed by atoms with Gasteiger partial charge in [0.25, 0.3) is 5.89 Å². The standard InChI is InChI=1S/C13H14F3N3O/c1-3-13(17,4-2)12-18-11(20-19-12)7-5-6-8(14)10(16)9(7)15/h5-6H,3-4,17H2,1-2H3. The van der Waals surface area contributed by atoms with Gasteiger partial charge in [-0.15, -0.1) is 0 Å². The summed E-state index contributed by atoms with van der Waals surface area (Å²) in [5.41, 5.74) is 5.00. The van der Waals surface area contributed by atoms with Gasteiger partial charge in [-0.2, -0.15) is 4.98 Å². The largest absolute Gasteiger partial charge is 0.334 e. The number of aromatic nitrogens is 2. The van der Waals surface area contributed by atoms with Gasteiger partial charge in [0, 0.05) is 0 Å². The van der Waals surface area contributed by atoms with Crippen LogP contribution in [0.25, 0.3) is 11.5 Å². The maximum atomic E-state index is 13.6. The van der Waals surface area contributed by atoms with Crippen LogP contribution in [0.5, 0.6) is 0 Å². The minimum atomic E-state index is -1.58. The monoisotopic (exact) mass is 285 g/mol. The summed E-state index contributed by atoms with van der Waals surface area (Å²) in [6.07, 6.45) is 1.12. The molecule has 2 aromatic rings. The molecule has 1 heterocycles. The van der Waals surface area contributed by atoms with Crippen LogP contribution in [0, 0.1) is 17.5 Å². The van der Waals surface area contributed by atoms with Gasteiger partial charge in [-0.1, -0.05) is 19.0 Å². The van der Waals surface area contributed by atoms with E-state index in [1.54, 1.807) is 0 Å². The first-order valence-corrected chi connectivity index (χ1v) is 6.20. The van der Waals surface area contributed by atoms with Crippen molar-refractivity contribution < 1.29 is 17.7 Å². The van der Waals surface area contributed by atoms with E-state index < -0.39 is 23.0 Å². The van der Waals surface area contributed by atoms with E-state index in [0.717, 1.165) is 12.1 Å². The van der Waals surface area contributed by atoms with Gasteiger partial charge in [-0.3, -0.25) is 0 Å². The number of nitrogens with zero attached hydrogens (tertiary/aromatic N) is 2. The third-order valence-corrected chi connectivity index (χ3v) is 3.40. The van der Waals surface area contributed by atoms with E-state index in [0.29, 0.717) is 12.8 Å². The molecule has 0 saturated carbocycles. The number of halogens is 3. The van der Waals surface area contributed by atoms with E-state index >= 15 is 0 Å². The van der Waals surface area contributed by atoms with E-state index in [4.69, 9.17) is 10.3 Å². The molecule has 0 unspecified atom stereocenters. The van der Waals surface area contributed by atoms with E-state index in [2.05, 4.69) is 10.1 Å². The van der Waals surface area contributed by atoms with Gasteiger partial charge in [0.05, 0.1) is 11.1 Å². The van der Waals surface area contributed by atoms with Crippen molar-refractivity contribution in [2.75, 3.05) is 0 Å². The summed E-state index contributed by atoms with van der Waals surface area (Å²) in [4.78, 5) is 3.99. The first-order chi connectivity index (χ1) is 9.42. The second kappa shape index (κ2) is 5.24. The Labute approximate surface area is 113 Å². The van der Waals surface area contributed by atoms with Crippen molar-refractivity contribution in [3.05, 3.63) is 35.4 Å². The van der Waals surface area contributed by atoms with Crippen molar-refractivity contribution in [2.24, 2.45) is 5.73 Å². The van der Waals surface area contributed by atoms with Crippen LogP contribution in [-0.4, -0.2) is 10.1 Å². The molecule has 0 bridgehead atoms. The molecule has 108 valence electrons. The SMILES string of the molecule is CCC(N)(CC)c1noc(-c2ccc(F)c(F)c2F)n1. The summed E-state index contributed by atoms with van der Waals surface area (Å²) in [5.74, 6) is -4.24. The molecule has 0 aliphatic carbocycles. The van der Waals surface area contributed by atoms with Crippen LogP contribution >= 0.6 is 0 Å². The maximum absolute atomic E-state index is 13.6. The second-order valence-electron chi connectivity index (χ2n) is 4.51. The average molecular weight is 285 g/mol. The molecular formula is C13H14F3N3O. The van der Waals surface area contributed by atoms with Crippen LogP contribution in [0.2, 0.25) is 0 Å². The Bertz CT molecular complexity index is 623. The van der Waals surface area contributed by atoms with Crippen LogP contribution in [0.1, 0.15) is 32.5 Å². The molecule has 0 saturated heterocycles. The maximum Gasteiger partial charge on any atom is 0.261 e. The Hall–Kier alpha value is -1.89. The molecule has 0 radical (unpaired) electrons. The number of hydrogen-bond acceptors (Lipinski definition) is 4. The lowest BCUT2D eigenvalue weighted by Gasteiger charge is -2.21. The molecule has 20 heavy (non-hydrogen) atoms. The van der Waals surface area contributed by atoms with Gasteiger partial charge in [-0.05, 0) is 25.0 Å². The molecule has 0 spiro atoms. The third-order valence-electron chi connectivity index (χ3n) is 3.40. The minimum absolute atomic E-state index is 0.210. The Morgan fingerprint density at radius 2 is 1.80 bits per heavy atom. The first-order valence-electron chi connectivity index (χ1n) is 6.20. The van der Waals surface area contributed by atoms with Crippen LogP contribution in [0.4, 0.5) is 13.2 Å². The molecule has 7 heteroatoms. The van der Waals surface area contributed by atoms with Gasteiger partial charge >= 0.3 is 0 Å². The van der Waals surface area contributed by atoms with Gasteiger partial charge in [-0.25, -0.2) is 13.2 Å². The van der Waals surface area contributed by atoms with Gasteiger partial charge in [0.1, 0.15) is 0 Å². The molecular weight excluding hydrogens is 271 g/mol. The van der Waals surface area contributed by atoms with E-state index in [1.165, 1.54) is 0 Å². The fraction of sp³-hybridized carbons (Fsp3) is 0.385. The Morgan fingerprint density at radius 3 is 2.40 bits per heavy atom. The van der Waals surface area contributed by atoms with E-state index in [-0.39, 0.29) is 17.3 Å². The topological polar surface area (TPSA) is 64.9 Å². The van der Waals surface area contributed by atoms with Gasteiger partial charge in [0.15, 0.2) is 23.3 Å². The highest BCUT2D eigenvalue weighted by atomic mass is 19.2. The number of rotatable bonds is 4. The summed E-state index contributed by atoms with van der Waals surface area (Å²) < 4.78 is 44.6. The fourth-order valence-corrected chi connectivity index (χ4v) is 1.79. The number of nitrogens with two attached hydrogens (primary N) is 1. The normalized spacial score (nSPS) is 11.9. The highest BCUT2D eigenvalue weighted by Crippen LogP contribution is 2.28. The molecule has 2 N–H and O–H groups in total. The summed E-state index contributed by atoms with van der Waals surface area (Å²) in [6, 6.07) is 1.84. The van der Waals surface area contributed by atoms with Crippen LogP contribution in [-0.2, 0) is 5.54 Å². The smallest absolute Gasteiger partial charge is 0.261 e. The molecule has 0 aliphatic heterocycles. The van der Waals surface area contributed by atoms with Crippen LogP contribution in [0.3, 0.4) is 0 Å². The van der Waals surface area contributed by atoms with Gasteiger partial charge in [0.2, 0.25) is 0 Å². The summed E-state index contributed by atoms with van der Waals surface area (Å²) in [7, 11) is 0. The molecule has 0 aliphatic rings. The highest BCUT2D eigenvalue weighted by molar-refractivity contribution is 5.54. The Balaban J connectivity index is 2.47. The first kappa shape index (κ1) is 14.5. The van der Waals surface area contributed by atoms with Crippen molar-refractivity contribution in [1.29, 1.82) is 0 Å². The lowest BCUT2D eigenvalue weighted by molar-refractivity contribution is 0.349. The summed E-state index contributed by atoms with van der Waals surface area (Å²) in [6.45, 7) is 3.72. The molecule has 4 nitrogen and oxygen atoms in total. The second-order valence-corrected chi connectivity index (χ2v) is 4.51. The summed E-state index contributed by atoms with van der Waals surface area (Å²) >= 11 is 0. The van der Waals surface area contributed by atoms with Crippen molar-refractivity contribution in [1.82, 2.24) is 10.1 Å². The average Bonchev–Trinajstić information content (AvgIpc) is 2.94. The van der Waals surface area contributed by atoms with Crippen molar-refractivity contribution in [2.45, 2.75) is 32.2 Å². The molecule has 0 atom stereocenters. The quantitative estimate of drug-likeness (QED) is 0.876. The van der Waals surface area contributed by atoms with Crippen molar-refractivity contribution in [3.63, 3.8) is 0 Å². The fourth-order valence-electron chi connectivity index (χ4n) is 1.79. The number of hydrogen-bond donors (Lipinski definition) is 1. The molecule has 0 fully saturated rings. The van der Waals surface area contributed by atoms with Crippen LogP contribution in [0.15, 0.2) is 16.7 Å². The lowest BCUT2D eigenvalue weighted by Crippen LogP contribution is -2.36. The zero-order chi connectivity index (χ0) is 14.9. The summed E-state index contributed by atoms with van der Waals surface area (Å²) in [5, 5.41) is 3.71. The third kappa shape index (κ3) is 2.29. The minimum Gasteiger partial charge on any atom is -0.334 e. The molecule has 1 aromatic carbocycles. The Morgan fingerprint density at radius 1 is 1.15 bits per heavy atom. The van der Waals surface area contributed by atoms with Crippen molar-refractivity contribution in [3.8, 4) is 11.5 Å². The van der Waals surface area contributed by atoms with E-state index in [9.17, 15) is 13.2 Å². The Kier molecular flexibility index (Phi) is 3.80. The van der Waals surface area contributed by atoms with E-state index in [1.807, 2.05) is 13.8 Å². The predicted octanol–water partition coefficient (Wildman–Crippen LogP) is 3.13. The zero-order valence-corrected chi connectivity index (χ0v) is 11.1. The molecule has 2 rings (SSSR count). The molecule has 0 amide bonds. The van der Waals surface area contributed by atoms with Crippen LogP contribution < -0.4 is 5.73 Å². The zero-order valence-electron chi connectivity index (χ0n) is 11.1. The van der Waals surface area contributed by atoms with Crippen molar-refractivity contribution >= 4 is 0 Å².